The van der Waals surface area contributed by atoms with E-state index in [2.05, 4.69) is 4.72 Å². The van der Waals surface area contributed by atoms with E-state index in [1.54, 1.807) is 34.0 Å². The molecule has 0 aromatic carbocycles. The Balaban J connectivity index is 1.66. The number of nitrogens with zero attached hydrogens (tertiary/aromatic N) is 1. The molecule has 1 unspecified atom stereocenters. The highest BCUT2D eigenvalue weighted by atomic mass is 32.3. The lowest BCUT2D eigenvalue weighted by Crippen LogP contribution is -2.44. The van der Waals surface area contributed by atoms with Gasteiger partial charge in [0.15, 0.2) is 0 Å². The summed E-state index contributed by atoms with van der Waals surface area (Å²) in [6.07, 6.45) is 3.01. The van der Waals surface area contributed by atoms with E-state index in [9.17, 15) is 16.8 Å². The largest absolute Gasteiger partial charge is 0.252 e. The van der Waals surface area contributed by atoms with Crippen LogP contribution in [0.1, 0.15) is 30.6 Å². The molecule has 1 atom stereocenters. The van der Waals surface area contributed by atoms with Gasteiger partial charge in [0.25, 0.3) is 10.0 Å². The average molecular weight is 435 g/mol. The number of thiophene rings is 2. The number of hydrogen-bond acceptors (Lipinski definition) is 6. The Hall–Kier alpha value is -0.780. The molecule has 2 aromatic rings. The van der Waals surface area contributed by atoms with Gasteiger partial charge in [-0.15, -0.1) is 22.7 Å². The van der Waals surface area contributed by atoms with Gasteiger partial charge in [-0.3, -0.25) is 0 Å². The van der Waals surface area contributed by atoms with Crippen molar-refractivity contribution in [3.63, 3.8) is 0 Å². The van der Waals surface area contributed by atoms with E-state index < -0.39 is 20.0 Å². The van der Waals surface area contributed by atoms with Crippen molar-refractivity contribution < 1.29 is 16.8 Å². The summed E-state index contributed by atoms with van der Waals surface area (Å²) in [5.41, 5.74) is 0. The first-order valence-electron chi connectivity index (χ1n) is 8.42. The fourth-order valence-electron chi connectivity index (χ4n) is 3.09. The maximum absolute atomic E-state index is 12.8. The minimum atomic E-state index is -3.53. The van der Waals surface area contributed by atoms with Crippen molar-refractivity contribution in [2.45, 2.75) is 47.1 Å². The molecule has 10 heteroatoms. The lowest BCUT2D eigenvalue weighted by molar-refractivity contribution is 0.242. The number of rotatable bonds is 7. The number of hydrogen-bond donors (Lipinski definition) is 1. The summed E-state index contributed by atoms with van der Waals surface area (Å²) in [7, 11) is -7.04. The molecule has 0 radical (unpaired) electrons. The van der Waals surface area contributed by atoms with Crippen LogP contribution in [-0.2, 0) is 20.0 Å². The van der Waals surface area contributed by atoms with E-state index in [4.69, 9.17) is 0 Å². The zero-order chi connectivity index (χ0) is 18.8. The van der Waals surface area contributed by atoms with E-state index >= 15 is 0 Å². The van der Waals surface area contributed by atoms with Crippen molar-refractivity contribution in [1.82, 2.24) is 9.03 Å². The van der Waals surface area contributed by atoms with E-state index in [1.807, 2.05) is 6.92 Å². The monoisotopic (exact) mass is 434 g/mol. The van der Waals surface area contributed by atoms with Crippen molar-refractivity contribution >= 4 is 42.7 Å². The number of aryl methyl sites for hydroxylation is 1. The first-order valence-corrected chi connectivity index (χ1v) is 13.0. The van der Waals surface area contributed by atoms with Crippen molar-refractivity contribution in [2.75, 3.05) is 13.1 Å². The minimum Gasteiger partial charge on any atom is -0.210 e. The van der Waals surface area contributed by atoms with Gasteiger partial charge in [0, 0.05) is 24.0 Å². The van der Waals surface area contributed by atoms with Crippen LogP contribution in [0.25, 0.3) is 0 Å². The molecule has 2 aromatic heterocycles. The average Bonchev–Trinajstić information content (AvgIpc) is 3.27. The van der Waals surface area contributed by atoms with Crippen LogP contribution in [0.2, 0.25) is 0 Å². The third-order valence-electron chi connectivity index (χ3n) is 4.38. The highest BCUT2D eigenvalue weighted by molar-refractivity contribution is 7.91. The quantitative estimate of drug-likeness (QED) is 0.726. The Morgan fingerprint density at radius 2 is 1.96 bits per heavy atom. The van der Waals surface area contributed by atoms with Gasteiger partial charge in [0.05, 0.1) is 0 Å². The molecule has 1 N–H and O–H groups in total. The molecule has 0 saturated carbocycles. The van der Waals surface area contributed by atoms with Gasteiger partial charge < -0.3 is 0 Å². The van der Waals surface area contributed by atoms with Crippen molar-refractivity contribution in [3.05, 3.63) is 34.5 Å². The lowest BCUT2D eigenvalue weighted by atomic mass is 10.0. The summed E-state index contributed by atoms with van der Waals surface area (Å²) < 4.78 is 55.1. The van der Waals surface area contributed by atoms with Crippen LogP contribution in [0.5, 0.6) is 0 Å². The van der Waals surface area contributed by atoms with Crippen LogP contribution < -0.4 is 4.72 Å². The van der Waals surface area contributed by atoms with E-state index in [1.165, 1.54) is 22.7 Å². The van der Waals surface area contributed by atoms with Gasteiger partial charge in [-0.25, -0.2) is 21.6 Å². The van der Waals surface area contributed by atoms with Crippen LogP contribution in [0.4, 0.5) is 0 Å². The SMILES string of the molecule is Cc1ccc(S(=O)(=O)NCCC2CCCCN2S(=O)(=O)c2cccs2)s1. The molecule has 1 aliphatic heterocycles. The maximum atomic E-state index is 12.8. The van der Waals surface area contributed by atoms with Crippen LogP contribution >= 0.6 is 22.7 Å². The molecule has 6 nitrogen and oxygen atoms in total. The highest BCUT2D eigenvalue weighted by Gasteiger charge is 2.34. The standard InChI is InChI=1S/C16H22N2O4S4/c1-13-7-8-16(24-13)25(19,20)17-10-9-14-5-2-3-11-18(14)26(21,22)15-6-4-12-23-15/h4,6-8,12,14,17H,2-3,5,9-11H2,1H3. The summed E-state index contributed by atoms with van der Waals surface area (Å²) in [6, 6.07) is 6.54. The number of piperidine rings is 1. The van der Waals surface area contributed by atoms with E-state index in [0.717, 1.165) is 24.1 Å². The van der Waals surface area contributed by atoms with E-state index in [-0.39, 0.29) is 12.6 Å². The fraction of sp³-hybridized carbons (Fsp3) is 0.500. The number of sulfonamides is 2. The molecule has 26 heavy (non-hydrogen) atoms. The molecule has 0 spiro atoms. The normalized spacial score (nSPS) is 19.7. The molecule has 1 aliphatic rings. The summed E-state index contributed by atoms with van der Waals surface area (Å²) in [5, 5.41) is 1.75. The highest BCUT2D eigenvalue weighted by Crippen LogP contribution is 2.29. The van der Waals surface area contributed by atoms with Crippen LogP contribution in [0.15, 0.2) is 38.1 Å². The third-order valence-corrected chi connectivity index (χ3v) is 10.7. The van der Waals surface area contributed by atoms with Gasteiger partial charge in [0.1, 0.15) is 8.42 Å². The summed E-state index contributed by atoms with van der Waals surface area (Å²) >= 11 is 2.44. The minimum absolute atomic E-state index is 0.177. The second kappa shape index (κ2) is 8.07. The molecule has 0 aliphatic carbocycles. The second-order valence-electron chi connectivity index (χ2n) is 6.25. The third kappa shape index (κ3) is 4.37. The molecular formula is C16H22N2O4S4. The molecule has 0 bridgehead atoms. The van der Waals surface area contributed by atoms with Crippen LogP contribution in [-0.4, -0.2) is 40.3 Å². The first-order chi connectivity index (χ1) is 12.3. The van der Waals surface area contributed by atoms with Crippen molar-refractivity contribution in [2.24, 2.45) is 0 Å². The van der Waals surface area contributed by atoms with Gasteiger partial charge >= 0.3 is 0 Å². The lowest BCUT2D eigenvalue weighted by Gasteiger charge is -2.34. The zero-order valence-electron chi connectivity index (χ0n) is 14.4. The van der Waals surface area contributed by atoms with Gasteiger partial charge in [-0.05, 0) is 49.8 Å². The molecular weight excluding hydrogens is 412 g/mol. The molecule has 3 heterocycles. The Bertz CT molecular complexity index is 933. The van der Waals surface area contributed by atoms with Crippen molar-refractivity contribution in [3.8, 4) is 0 Å². The van der Waals surface area contributed by atoms with Gasteiger partial charge in [-0.2, -0.15) is 4.31 Å². The Labute approximate surface area is 163 Å². The molecule has 3 rings (SSSR count). The van der Waals surface area contributed by atoms with Gasteiger partial charge in [0.2, 0.25) is 10.0 Å². The molecule has 1 fully saturated rings. The Morgan fingerprint density at radius 1 is 1.15 bits per heavy atom. The molecule has 144 valence electrons. The van der Waals surface area contributed by atoms with Crippen LogP contribution in [0.3, 0.4) is 0 Å². The molecule has 0 amide bonds. The van der Waals surface area contributed by atoms with Gasteiger partial charge in [-0.1, -0.05) is 12.5 Å². The Kier molecular flexibility index (Phi) is 6.20. The maximum Gasteiger partial charge on any atom is 0.252 e. The van der Waals surface area contributed by atoms with Crippen LogP contribution in [0, 0.1) is 6.92 Å². The Morgan fingerprint density at radius 3 is 2.62 bits per heavy atom. The summed E-state index contributed by atoms with van der Waals surface area (Å²) in [4.78, 5) is 0.936. The summed E-state index contributed by atoms with van der Waals surface area (Å²) in [5.74, 6) is 0. The predicted octanol–water partition coefficient (Wildman–Crippen LogP) is 3.03. The number of nitrogens with one attached hydrogen (secondary N) is 1. The molecule has 1 saturated heterocycles. The predicted molar refractivity (Wildman–Crippen MR) is 105 cm³/mol. The summed E-state index contributed by atoms with van der Waals surface area (Å²) in [6.45, 7) is 2.57. The smallest absolute Gasteiger partial charge is 0.210 e. The zero-order valence-corrected chi connectivity index (χ0v) is 17.7. The van der Waals surface area contributed by atoms with Crippen molar-refractivity contribution in [1.29, 1.82) is 0 Å². The van der Waals surface area contributed by atoms with E-state index in [0.29, 0.717) is 21.4 Å². The second-order valence-corrected chi connectivity index (χ2v) is 12.6. The topological polar surface area (TPSA) is 83.6 Å². The first kappa shape index (κ1) is 20.0. The fourth-order valence-corrected chi connectivity index (χ4v) is 8.31.